The summed E-state index contributed by atoms with van der Waals surface area (Å²) in [5.74, 6) is 0.812. The number of carbonyl (C=O) groups is 1. The van der Waals surface area contributed by atoms with E-state index in [4.69, 9.17) is 4.74 Å². The van der Waals surface area contributed by atoms with E-state index >= 15 is 0 Å². The van der Waals surface area contributed by atoms with Crippen molar-refractivity contribution >= 4 is 11.9 Å². The fourth-order valence-electron chi connectivity index (χ4n) is 3.52. The molecule has 2 heterocycles. The number of aliphatic imine (C=N–C) groups is 1. The Morgan fingerprint density at radius 2 is 2.07 bits per heavy atom. The Morgan fingerprint density at radius 1 is 1.29 bits per heavy atom. The average Bonchev–Trinajstić information content (AvgIpc) is 3.22. The summed E-state index contributed by atoms with van der Waals surface area (Å²) in [6.45, 7) is 5.38. The SMILES string of the molecule is CCOC(=O)C1CCN(C(=NC)NCc2cccc(Cn3cccn3)c2)CC1. The predicted octanol–water partition coefficient (Wildman–Crippen LogP) is 2.28. The van der Waals surface area contributed by atoms with Crippen molar-refractivity contribution < 1.29 is 9.53 Å². The van der Waals surface area contributed by atoms with E-state index in [1.54, 1.807) is 13.2 Å². The molecule has 7 heteroatoms. The summed E-state index contributed by atoms with van der Waals surface area (Å²) in [6, 6.07) is 10.4. The van der Waals surface area contributed by atoms with Gasteiger partial charge in [-0.3, -0.25) is 14.5 Å². The summed E-state index contributed by atoms with van der Waals surface area (Å²) < 4.78 is 7.06. The predicted molar refractivity (Wildman–Crippen MR) is 109 cm³/mol. The Bertz CT molecular complexity index is 780. The first kappa shape index (κ1) is 19.9. The lowest BCUT2D eigenvalue weighted by Crippen LogP contribution is -2.46. The molecule has 1 aromatic carbocycles. The lowest BCUT2D eigenvalue weighted by molar-refractivity contribution is -0.149. The summed E-state index contributed by atoms with van der Waals surface area (Å²) in [5.41, 5.74) is 2.42. The van der Waals surface area contributed by atoms with E-state index in [0.717, 1.165) is 38.4 Å². The molecule has 1 fully saturated rings. The van der Waals surface area contributed by atoms with Crippen molar-refractivity contribution in [3.8, 4) is 0 Å². The number of likely N-dealkylation sites (tertiary alicyclic amines) is 1. The number of hydrogen-bond acceptors (Lipinski definition) is 4. The lowest BCUT2D eigenvalue weighted by Gasteiger charge is -2.33. The summed E-state index contributed by atoms with van der Waals surface area (Å²) in [5, 5.41) is 7.71. The van der Waals surface area contributed by atoms with Gasteiger partial charge in [-0.1, -0.05) is 24.3 Å². The molecule has 0 unspecified atom stereocenters. The van der Waals surface area contributed by atoms with Gasteiger partial charge in [0, 0.05) is 39.1 Å². The van der Waals surface area contributed by atoms with Gasteiger partial charge in [0.05, 0.1) is 19.1 Å². The Balaban J connectivity index is 1.51. The highest BCUT2D eigenvalue weighted by Crippen LogP contribution is 2.19. The van der Waals surface area contributed by atoms with E-state index in [9.17, 15) is 4.79 Å². The van der Waals surface area contributed by atoms with Crippen LogP contribution in [-0.4, -0.2) is 53.4 Å². The highest BCUT2D eigenvalue weighted by atomic mass is 16.5. The minimum atomic E-state index is -0.0703. The molecule has 0 spiro atoms. The zero-order valence-electron chi connectivity index (χ0n) is 16.7. The molecule has 0 radical (unpaired) electrons. The second-order valence-corrected chi connectivity index (χ2v) is 6.94. The molecule has 1 N–H and O–H groups in total. The number of nitrogens with one attached hydrogen (secondary N) is 1. The normalized spacial score (nSPS) is 15.5. The molecule has 1 aliphatic rings. The number of nitrogens with zero attached hydrogens (tertiary/aromatic N) is 4. The molecule has 0 aliphatic carbocycles. The van der Waals surface area contributed by atoms with Gasteiger partial charge in [-0.15, -0.1) is 0 Å². The van der Waals surface area contributed by atoms with Crippen LogP contribution in [0.5, 0.6) is 0 Å². The summed E-state index contributed by atoms with van der Waals surface area (Å²) >= 11 is 0. The third-order valence-corrected chi connectivity index (χ3v) is 4.97. The maximum absolute atomic E-state index is 11.9. The summed E-state index contributed by atoms with van der Waals surface area (Å²) in [6.07, 6.45) is 5.37. The van der Waals surface area contributed by atoms with Crippen LogP contribution in [0.3, 0.4) is 0 Å². The molecule has 7 nitrogen and oxygen atoms in total. The van der Waals surface area contributed by atoms with E-state index in [1.165, 1.54) is 11.1 Å². The first-order valence-corrected chi connectivity index (χ1v) is 9.87. The Hall–Kier alpha value is -2.83. The number of rotatable bonds is 6. The Morgan fingerprint density at radius 3 is 2.75 bits per heavy atom. The molecule has 28 heavy (non-hydrogen) atoms. The maximum atomic E-state index is 11.9. The molecule has 0 atom stereocenters. The number of guanidine groups is 1. The number of piperidine rings is 1. The van der Waals surface area contributed by atoms with Crippen LogP contribution >= 0.6 is 0 Å². The van der Waals surface area contributed by atoms with Crippen molar-refractivity contribution in [3.63, 3.8) is 0 Å². The number of aromatic nitrogens is 2. The molecule has 1 aliphatic heterocycles. The number of esters is 1. The summed E-state index contributed by atoms with van der Waals surface area (Å²) in [4.78, 5) is 18.5. The zero-order valence-corrected chi connectivity index (χ0v) is 16.7. The van der Waals surface area contributed by atoms with Gasteiger partial charge in [0.2, 0.25) is 0 Å². The van der Waals surface area contributed by atoms with E-state index in [1.807, 2.05) is 23.9 Å². The molecule has 3 rings (SSSR count). The maximum Gasteiger partial charge on any atom is 0.309 e. The van der Waals surface area contributed by atoms with Gasteiger partial charge in [0.25, 0.3) is 0 Å². The van der Waals surface area contributed by atoms with Gasteiger partial charge in [0.1, 0.15) is 0 Å². The van der Waals surface area contributed by atoms with Crippen LogP contribution in [0.25, 0.3) is 0 Å². The van der Waals surface area contributed by atoms with Gasteiger partial charge in [-0.25, -0.2) is 0 Å². The van der Waals surface area contributed by atoms with Gasteiger partial charge >= 0.3 is 5.97 Å². The molecule has 0 bridgehead atoms. The van der Waals surface area contributed by atoms with Crippen LogP contribution in [0.15, 0.2) is 47.7 Å². The number of ether oxygens (including phenoxy) is 1. The van der Waals surface area contributed by atoms with E-state index in [0.29, 0.717) is 13.2 Å². The summed E-state index contributed by atoms with van der Waals surface area (Å²) in [7, 11) is 1.80. The molecular formula is C21H29N5O2. The van der Waals surface area contributed by atoms with Crippen LogP contribution < -0.4 is 5.32 Å². The second kappa shape index (κ2) is 9.92. The zero-order chi connectivity index (χ0) is 19.8. The first-order chi connectivity index (χ1) is 13.7. The van der Waals surface area contributed by atoms with Crippen molar-refractivity contribution in [1.82, 2.24) is 20.0 Å². The topological polar surface area (TPSA) is 71.8 Å². The molecular weight excluding hydrogens is 354 g/mol. The molecule has 150 valence electrons. The minimum absolute atomic E-state index is 0.00767. The van der Waals surface area contributed by atoms with Crippen LogP contribution in [0.1, 0.15) is 30.9 Å². The number of hydrogen-bond donors (Lipinski definition) is 1. The third-order valence-electron chi connectivity index (χ3n) is 4.97. The quantitative estimate of drug-likeness (QED) is 0.471. The van der Waals surface area contributed by atoms with Crippen molar-refractivity contribution in [3.05, 3.63) is 53.9 Å². The van der Waals surface area contributed by atoms with Gasteiger partial charge in [-0.05, 0) is 37.0 Å². The Labute approximate surface area is 166 Å². The van der Waals surface area contributed by atoms with E-state index in [2.05, 4.69) is 44.6 Å². The molecule has 1 saturated heterocycles. The highest BCUT2D eigenvalue weighted by Gasteiger charge is 2.27. The van der Waals surface area contributed by atoms with Gasteiger partial charge < -0.3 is 15.0 Å². The van der Waals surface area contributed by atoms with Gasteiger partial charge in [-0.2, -0.15) is 5.10 Å². The molecule has 1 aromatic heterocycles. The van der Waals surface area contributed by atoms with Crippen LogP contribution in [-0.2, 0) is 22.6 Å². The van der Waals surface area contributed by atoms with E-state index in [-0.39, 0.29) is 11.9 Å². The first-order valence-electron chi connectivity index (χ1n) is 9.87. The van der Waals surface area contributed by atoms with Crippen molar-refractivity contribution in [2.75, 3.05) is 26.7 Å². The average molecular weight is 383 g/mol. The van der Waals surface area contributed by atoms with E-state index < -0.39 is 0 Å². The van der Waals surface area contributed by atoms with Crippen molar-refractivity contribution in [2.45, 2.75) is 32.9 Å². The van der Waals surface area contributed by atoms with Crippen LogP contribution in [0.2, 0.25) is 0 Å². The molecule has 0 amide bonds. The third kappa shape index (κ3) is 5.34. The number of carbonyl (C=O) groups excluding carboxylic acids is 1. The van der Waals surface area contributed by atoms with Crippen LogP contribution in [0, 0.1) is 5.92 Å². The standard InChI is InChI=1S/C21H29N5O2/c1-3-28-20(27)19-8-12-25(13-9-19)21(22-2)23-15-17-6-4-7-18(14-17)16-26-11-5-10-24-26/h4-7,10-11,14,19H,3,8-9,12-13,15-16H2,1-2H3,(H,22,23). The Kier molecular flexibility index (Phi) is 7.06. The highest BCUT2D eigenvalue weighted by molar-refractivity contribution is 5.80. The van der Waals surface area contributed by atoms with Crippen LogP contribution in [0.4, 0.5) is 0 Å². The fraction of sp³-hybridized carbons (Fsp3) is 0.476. The smallest absolute Gasteiger partial charge is 0.309 e. The number of benzene rings is 1. The molecule has 2 aromatic rings. The largest absolute Gasteiger partial charge is 0.466 e. The van der Waals surface area contributed by atoms with Gasteiger partial charge in [0.15, 0.2) is 5.96 Å². The monoisotopic (exact) mass is 383 g/mol. The lowest BCUT2D eigenvalue weighted by atomic mass is 9.97. The fourth-order valence-corrected chi connectivity index (χ4v) is 3.52. The van der Waals surface area contributed by atoms with Crippen molar-refractivity contribution in [1.29, 1.82) is 0 Å². The van der Waals surface area contributed by atoms with Crippen molar-refractivity contribution in [2.24, 2.45) is 10.9 Å². The molecule has 0 saturated carbocycles. The minimum Gasteiger partial charge on any atom is -0.466 e. The second-order valence-electron chi connectivity index (χ2n) is 6.94.